The van der Waals surface area contributed by atoms with Crippen LogP contribution in [0.2, 0.25) is 0 Å². The second-order valence-corrected chi connectivity index (χ2v) is 7.59. The van der Waals surface area contributed by atoms with E-state index in [1.165, 1.54) is 6.26 Å². The Morgan fingerprint density at radius 3 is 2.41 bits per heavy atom. The van der Waals surface area contributed by atoms with E-state index in [1.807, 2.05) is 4.72 Å². The van der Waals surface area contributed by atoms with Gasteiger partial charge in [0.05, 0.1) is 35.9 Å². The number of hydrogen-bond acceptors (Lipinski definition) is 5. The Morgan fingerprint density at radius 1 is 1.10 bits per heavy atom. The summed E-state index contributed by atoms with van der Waals surface area (Å²) >= 11 is 0. The molecule has 1 atom stereocenters. The average molecular weight is 433 g/mol. The zero-order valence-electron chi connectivity index (χ0n) is 15.1. The van der Waals surface area contributed by atoms with Crippen molar-refractivity contribution in [2.75, 3.05) is 6.54 Å². The highest BCUT2D eigenvalue weighted by Gasteiger charge is 2.37. The maximum Gasteiger partial charge on any atom is 0.417 e. The molecule has 158 valence electrons. The van der Waals surface area contributed by atoms with Gasteiger partial charge in [-0.05, 0) is 31.2 Å². The van der Waals surface area contributed by atoms with Crippen LogP contribution < -0.4 is 15.4 Å². The van der Waals surface area contributed by atoms with Gasteiger partial charge < -0.3 is 15.1 Å². The highest BCUT2D eigenvalue weighted by Crippen LogP contribution is 2.33. The Morgan fingerprint density at radius 2 is 1.79 bits per heavy atom. The van der Waals surface area contributed by atoms with Crippen LogP contribution in [0.4, 0.5) is 13.2 Å². The number of nitrogens with one attached hydrogen (secondary N) is 3. The van der Waals surface area contributed by atoms with E-state index < -0.39 is 51.1 Å². The zero-order chi connectivity index (χ0) is 21.7. The number of carbonyl (C=O) groups is 2. The smallest absolute Gasteiger partial charge is 0.417 e. The lowest BCUT2D eigenvalue weighted by Crippen LogP contribution is -2.47. The van der Waals surface area contributed by atoms with Crippen LogP contribution in [0.5, 0.6) is 0 Å². The molecule has 0 fully saturated rings. The van der Waals surface area contributed by atoms with E-state index in [0.29, 0.717) is 11.8 Å². The fourth-order valence-corrected chi connectivity index (χ4v) is 3.70. The monoisotopic (exact) mass is 433 g/mol. The van der Waals surface area contributed by atoms with Gasteiger partial charge in [0.25, 0.3) is 0 Å². The van der Waals surface area contributed by atoms with Crippen LogP contribution in [0.3, 0.4) is 0 Å². The fraction of sp³-hybridized carbons (Fsp3) is 0.294. The molecule has 2 rings (SSSR count). The molecule has 0 aliphatic heterocycles. The van der Waals surface area contributed by atoms with E-state index in [2.05, 4.69) is 10.6 Å². The SMILES string of the molecule is C[C@H](NS(=O)(=O)c1ccccc1C(F)(F)F)C(=O)NCC(=O)NCc1ccco1. The maximum absolute atomic E-state index is 13.0. The Labute approximate surface area is 164 Å². The second kappa shape index (κ2) is 9.09. The van der Waals surface area contributed by atoms with Crippen LogP contribution in [0.15, 0.2) is 52.0 Å². The number of rotatable bonds is 8. The normalized spacial score (nSPS) is 13.0. The zero-order valence-corrected chi connectivity index (χ0v) is 15.9. The molecule has 1 aromatic carbocycles. The minimum absolute atomic E-state index is 0.0954. The van der Waals surface area contributed by atoms with Crippen LogP contribution >= 0.6 is 0 Å². The van der Waals surface area contributed by atoms with Crippen LogP contribution in [-0.2, 0) is 32.3 Å². The molecular weight excluding hydrogens is 415 g/mol. The van der Waals surface area contributed by atoms with Crippen molar-refractivity contribution in [1.82, 2.24) is 15.4 Å². The van der Waals surface area contributed by atoms with Gasteiger partial charge in [0.2, 0.25) is 21.8 Å². The third kappa shape index (κ3) is 6.32. The summed E-state index contributed by atoms with van der Waals surface area (Å²) in [4.78, 5) is 22.7. The molecule has 0 bridgehead atoms. The molecule has 1 heterocycles. The maximum atomic E-state index is 13.0. The first-order valence-corrected chi connectivity index (χ1v) is 9.74. The van der Waals surface area contributed by atoms with Gasteiger partial charge in [-0.2, -0.15) is 17.9 Å². The molecule has 0 saturated carbocycles. The summed E-state index contributed by atoms with van der Waals surface area (Å²) in [6.07, 6.45) is -3.46. The minimum atomic E-state index is -4.89. The number of carbonyl (C=O) groups excluding carboxylic acids is 2. The fourth-order valence-electron chi connectivity index (χ4n) is 2.27. The van der Waals surface area contributed by atoms with Crippen molar-refractivity contribution in [3.63, 3.8) is 0 Å². The van der Waals surface area contributed by atoms with E-state index >= 15 is 0 Å². The first kappa shape index (κ1) is 22.4. The lowest BCUT2D eigenvalue weighted by Gasteiger charge is -2.17. The number of halogens is 3. The number of amides is 2. The first-order chi connectivity index (χ1) is 13.5. The number of furan rings is 1. The standard InChI is InChI=1S/C17H18F3N3O5S/c1-11(16(25)22-10-15(24)21-9-12-5-4-8-28-12)23-29(26,27)14-7-3-2-6-13(14)17(18,19)20/h2-8,11,23H,9-10H2,1H3,(H,21,24)(H,22,25)/t11-/m0/s1. The lowest BCUT2D eigenvalue weighted by atomic mass is 10.2. The molecule has 1 aromatic heterocycles. The van der Waals surface area contributed by atoms with E-state index in [9.17, 15) is 31.2 Å². The Bertz CT molecular complexity index is 959. The molecule has 0 saturated heterocycles. The lowest BCUT2D eigenvalue weighted by molar-refractivity contribution is -0.139. The molecule has 2 amide bonds. The summed E-state index contributed by atoms with van der Waals surface area (Å²) in [7, 11) is -4.64. The molecule has 8 nitrogen and oxygen atoms in total. The van der Waals surface area contributed by atoms with Gasteiger partial charge in [-0.15, -0.1) is 0 Å². The largest absolute Gasteiger partial charge is 0.467 e. The minimum Gasteiger partial charge on any atom is -0.467 e. The van der Waals surface area contributed by atoms with Crippen LogP contribution in [0, 0.1) is 0 Å². The van der Waals surface area contributed by atoms with Crippen molar-refractivity contribution in [3.05, 3.63) is 54.0 Å². The van der Waals surface area contributed by atoms with Crippen LogP contribution in [0.25, 0.3) is 0 Å². The Hall–Kier alpha value is -2.86. The summed E-state index contributed by atoms with van der Waals surface area (Å²) < 4.78 is 70.6. The van der Waals surface area contributed by atoms with Gasteiger partial charge in [-0.25, -0.2) is 8.42 Å². The van der Waals surface area contributed by atoms with Gasteiger partial charge in [-0.1, -0.05) is 12.1 Å². The van der Waals surface area contributed by atoms with Crippen molar-refractivity contribution in [2.45, 2.75) is 30.6 Å². The van der Waals surface area contributed by atoms with Crippen LogP contribution in [0.1, 0.15) is 18.2 Å². The third-order valence-electron chi connectivity index (χ3n) is 3.67. The van der Waals surface area contributed by atoms with Gasteiger partial charge in [0, 0.05) is 0 Å². The van der Waals surface area contributed by atoms with Gasteiger partial charge in [-0.3, -0.25) is 9.59 Å². The highest BCUT2D eigenvalue weighted by atomic mass is 32.2. The summed E-state index contributed by atoms with van der Waals surface area (Å²) in [5.74, 6) is -0.951. The van der Waals surface area contributed by atoms with Gasteiger partial charge in [0.1, 0.15) is 5.76 Å². The molecule has 2 aromatic rings. The summed E-state index contributed by atoms with van der Waals surface area (Å²) in [5.41, 5.74) is -1.35. The Balaban J connectivity index is 1.94. The van der Waals surface area contributed by atoms with Crippen LogP contribution in [-0.4, -0.2) is 32.8 Å². The number of benzene rings is 1. The predicted molar refractivity (Wildman–Crippen MR) is 94.8 cm³/mol. The summed E-state index contributed by atoms with van der Waals surface area (Å²) in [6, 6.07) is 5.46. The molecule has 29 heavy (non-hydrogen) atoms. The van der Waals surface area contributed by atoms with E-state index in [1.54, 1.807) is 12.1 Å². The number of alkyl halides is 3. The van der Waals surface area contributed by atoms with Gasteiger partial charge in [0.15, 0.2) is 0 Å². The van der Waals surface area contributed by atoms with Crippen molar-refractivity contribution in [1.29, 1.82) is 0 Å². The molecule has 3 N–H and O–H groups in total. The second-order valence-electron chi connectivity index (χ2n) is 5.91. The van der Waals surface area contributed by atoms with Crippen molar-refractivity contribution in [2.24, 2.45) is 0 Å². The van der Waals surface area contributed by atoms with Gasteiger partial charge >= 0.3 is 6.18 Å². The molecule has 0 aliphatic carbocycles. The topological polar surface area (TPSA) is 118 Å². The summed E-state index contributed by atoms with van der Waals surface area (Å²) in [6.45, 7) is 0.784. The third-order valence-corrected chi connectivity index (χ3v) is 5.27. The van der Waals surface area contributed by atoms with Crippen molar-refractivity contribution in [3.8, 4) is 0 Å². The van der Waals surface area contributed by atoms with E-state index in [-0.39, 0.29) is 6.54 Å². The highest BCUT2D eigenvalue weighted by molar-refractivity contribution is 7.89. The molecule has 0 unspecified atom stereocenters. The predicted octanol–water partition coefficient (Wildman–Crippen LogP) is 1.40. The van der Waals surface area contributed by atoms with Crippen molar-refractivity contribution < 1.29 is 35.6 Å². The van der Waals surface area contributed by atoms with E-state index in [4.69, 9.17) is 4.42 Å². The number of hydrogen-bond donors (Lipinski definition) is 3. The molecular formula is C17H18F3N3O5S. The Kier molecular flexibility index (Phi) is 7.03. The molecule has 12 heteroatoms. The quantitative estimate of drug-likeness (QED) is 0.582. The molecule has 0 aliphatic rings. The van der Waals surface area contributed by atoms with E-state index in [0.717, 1.165) is 25.1 Å². The molecule has 0 radical (unpaired) electrons. The molecule has 0 spiro atoms. The number of sulfonamides is 1. The average Bonchev–Trinajstić information content (AvgIpc) is 3.17. The summed E-state index contributed by atoms with van der Waals surface area (Å²) in [5, 5.41) is 4.67. The first-order valence-electron chi connectivity index (χ1n) is 8.26. The van der Waals surface area contributed by atoms with Crippen molar-refractivity contribution >= 4 is 21.8 Å².